The molecule has 0 saturated heterocycles. The number of nitrogens with zero attached hydrogens (tertiary/aromatic N) is 3. The maximum atomic E-state index is 11.5. The summed E-state index contributed by atoms with van der Waals surface area (Å²) in [6, 6.07) is 0.501. The van der Waals surface area contributed by atoms with E-state index in [-0.39, 0.29) is 5.97 Å². The van der Waals surface area contributed by atoms with Gasteiger partial charge >= 0.3 is 5.97 Å². The Bertz CT molecular complexity index is 365. The van der Waals surface area contributed by atoms with Crippen molar-refractivity contribution in [3.63, 3.8) is 0 Å². The average molecular weight is 235 g/mol. The number of hydrogen-bond donors (Lipinski definition) is 0. The zero-order valence-corrected chi connectivity index (χ0v) is 10.0. The lowest BCUT2D eigenvalue weighted by Gasteiger charge is -2.19. The van der Waals surface area contributed by atoms with Crippen LogP contribution in [-0.2, 0) is 16.1 Å². The summed E-state index contributed by atoms with van der Waals surface area (Å²) in [7, 11) is 0. The fourth-order valence-corrected chi connectivity index (χ4v) is 1.75. The van der Waals surface area contributed by atoms with Gasteiger partial charge in [-0.15, -0.1) is 0 Å². The summed E-state index contributed by atoms with van der Waals surface area (Å²) in [6.07, 6.45) is 7.36. The molecule has 0 atom stereocenters. The Labute approximate surface area is 101 Å². The van der Waals surface area contributed by atoms with Crippen LogP contribution >= 0.6 is 0 Å². The van der Waals surface area contributed by atoms with Crippen LogP contribution in [0, 0.1) is 0 Å². The summed E-state index contributed by atoms with van der Waals surface area (Å²) in [6.45, 7) is 3.26. The molecule has 1 aliphatic carbocycles. The Morgan fingerprint density at radius 2 is 2.35 bits per heavy atom. The second-order valence-electron chi connectivity index (χ2n) is 4.14. The summed E-state index contributed by atoms with van der Waals surface area (Å²) < 4.78 is 4.97. The van der Waals surface area contributed by atoms with Crippen molar-refractivity contribution < 1.29 is 9.53 Å². The minimum absolute atomic E-state index is 0.164. The van der Waals surface area contributed by atoms with Gasteiger partial charge in [-0.25, -0.2) is 0 Å². The zero-order chi connectivity index (χ0) is 12.1. The van der Waals surface area contributed by atoms with Crippen LogP contribution in [-0.4, -0.2) is 40.0 Å². The summed E-state index contributed by atoms with van der Waals surface area (Å²) in [5.74, 6) is -0.164. The highest BCUT2D eigenvalue weighted by atomic mass is 16.5. The van der Waals surface area contributed by atoms with Gasteiger partial charge in [0.1, 0.15) is 0 Å². The molecular weight excluding hydrogens is 218 g/mol. The second-order valence-corrected chi connectivity index (χ2v) is 4.14. The molecule has 0 aromatic carbocycles. The molecule has 1 aliphatic rings. The van der Waals surface area contributed by atoms with Crippen molar-refractivity contribution in [2.24, 2.45) is 0 Å². The molecule has 0 N–H and O–H groups in total. The van der Waals surface area contributed by atoms with Crippen molar-refractivity contribution in [3.8, 4) is 0 Å². The summed E-state index contributed by atoms with van der Waals surface area (Å²) >= 11 is 0. The van der Waals surface area contributed by atoms with Crippen LogP contribution in [0.2, 0.25) is 0 Å². The number of hydrogen-bond acceptors (Lipinski definition) is 5. The van der Waals surface area contributed by atoms with Crippen LogP contribution in [0.25, 0.3) is 0 Å². The molecule has 0 amide bonds. The molecule has 5 nitrogen and oxygen atoms in total. The van der Waals surface area contributed by atoms with Gasteiger partial charge in [0.05, 0.1) is 18.8 Å². The second kappa shape index (κ2) is 5.72. The predicted octanol–water partition coefficient (Wildman–Crippen LogP) is 1.00. The molecule has 0 spiro atoms. The number of carbonyl (C=O) groups is 1. The van der Waals surface area contributed by atoms with E-state index in [4.69, 9.17) is 4.74 Å². The van der Waals surface area contributed by atoms with E-state index in [0.29, 0.717) is 25.7 Å². The first kappa shape index (κ1) is 12.0. The third kappa shape index (κ3) is 3.78. The Balaban J connectivity index is 1.91. The van der Waals surface area contributed by atoms with Crippen molar-refractivity contribution in [1.82, 2.24) is 14.9 Å². The fraction of sp³-hybridized carbons (Fsp3) is 0.583. The van der Waals surface area contributed by atoms with Crippen LogP contribution in [0.5, 0.6) is 0 Å². The Morgan fingerprint density at radius 1 is 1.53 bits per heavy atom. The molecule has 1 aromatic heterocycles. The number of aromatic nitrogens is 2. The molecule has 17 heavy (non-hydrogen) atoms. The van der Waals surface area contributed by atoms with Gasteiger partial charge in [-0.2, -0.15) is 0 Å². The summed E-state index contributed by atoms with van der Waals surface area (Å²) in [5, 5.41) is 0. The maximum Gasteiger partial charge on any atom is 0.320 e. The van der Waals surface area contributed by atoms with Gasteiger partial charge < -0.3 is 4.74 Å². The molecule has 2 rings (SSSR count). The molecule has 0 unspecified atom stereocenters. The predicted molar refractivity (Wildman–Crippen MR) is 62.1 cm³/mol. The summed E-state index contributed by atoms with van der Waals surface area (Å²) in [4.78, 5) is 21.8. The van der Waals surface area contributed by atoms with E-state index in [1.165, 1.54) is 0 Å². The van der Waals surface area contributed by atoms with Crippen molar-refractivity contribution in [2.45, 2.75) is 32.4 Å². The third-order valence-electron chi connectivity index (χ3n) is 2.68. The van der Waals surface area contributed by atoms with E-state index in [1.54, 1.807) is 18.6 Å². The molecule has 1 saturated carbocycles. The maximum absolute atomic E-state index is 11.5. The monoisotopic (exact) mass is 235 g/mol. The lowest BCUT2D eigenvalue weighted by Crippen LogP contribution is -2.32. The topological polar surface area (TPSA) is 55.3 Å². The van der Waals surface area contributed by atoms with Gasteiger partial charge in [0.15, 0.2) is 0 Å². The van der Waals surface area contributed by atoms with Gasteiger partial charge in [0, 0.05) is 31.2 Å². The van der Waals surface area contributed by atoms with Crippen molar-refractivity contribution in [3.05, 3.63) is 24.3 Å². The number of rotatable bonds is 6. The molecule has 0 bridgehead atoms. The van der Waals surface area contributed by atoms with Crippen LogP contribution < -0.4 is 0 Å². The van der Waals surface area contributed by atoms with Gasteiger partial charge in [0.2, 0.25) is 0 Å². The number of esters is 1. The standard InChI is InChI=1S/C12H17N3O2/c1-2-17-12(16)9-15(11-3-4-11)8-10-7-13-5-6-14-10/h5-7,11H,2-4,8-9H2,1H3. The van der Waals surface area contributed by atoms with Gasteiger partial charge in [-0.3, -0.25) is 19.7 Å². The Morgan fingerprint density at radius 3 is 2.94 bits per heavy atom. The van der Waals surface area contributed by atoms with Crippen molar-refractivity contribution >= 4 is 5.97 Å². The molecule has 5 heteroatoms. The van der Waals surface area contributed by atoms with Gasteiger partial charge in [-0.05, 0) is 19.8 Å². The van der Waals surface area contributed by atoms with Crippen molar-refractivity contribution in [2.75, 3.05) is 13.2 Å². The molecule has 1 aromatic rings. The quantitative estimate of drug-likeness (QED) is 0.689. The lowest BCUT2D eigenvalue weighted by atomic mass is 10.3. The van der Waals surface area contributed by atoms with Gasteiger partial charge in [-0.1, -0.05) is 0 Å². The van der Waals surface area contributed by atoms with E-state index in [0.717, 1.165) is 18.5 Å². The first-order valence-corrected chi connectivity index (χ1v) is 5.94. The summed E-state index contributed by atoms with van der Waals surface area (Å²) in [5.41, 5.74) is 0.892. The zero-order valence-electron chi connectivity index (χ0n) is 10.0. The van der Waals surface area contributed by atoms with Crippen LogP contribution in [0.3, 0.4) is 0 Å². The normalized spacial score (nSPS) is 14.9. The van der Waals surface area contributed by atoms with E-state index in [2.05, 4.69) is 14.9 Å². The van der Waals surface area contributed by atoms with E-state index >= 15 is 0 Å². The molecule has 0 radical (unpaired) electrons. The smallest absolute Gasteiger partial charge is 0.320 e. The van der Waals surface area contributed by atoms with Crippen LogP contribution in [0.1, 0.15) is 25.5 Å². The highest BCUT2D eigenvalue weighted by Gasteiger charge is 2.30. The number of carbonyl (C=O) groups excluding carboxylic acids is 1. The largest absolute Gasteiger partial charge is 0.465 e. The lowest BCUT2D eigenvalue weighted by molar-refractivity contribution is -0.144. The Kier molecular flexibility index (Phi) is 4.03. The first-order valence-electron chi connectivity index (χ1n) is 5.94. The average Bonchev–Trinajstić information content (AvgIpc) is 3.14. The number of ether oxygens (including phenoxy) is 1. The fourth-order valence-electron chi connectivity index (χ4n) is 1.75. The minimum atomic E-state index is -0.164. The SMILES string of the molecule is CCOC(=O)CN(Cc1cnccn1)C1CC1. The van der Waals surface area contributed by atoms with E-state index in [1.807, 2.05) is 6.92 Å². The molecule has 1 fully saturated rings. The molecular formula is C12H17N3O2. The molecule has 0 aliphatic heterocycles. The molecule has 1 heterocycles. The third-order valence-corrected chi connectivity index (χ3v) is 2.68. The highest BCUT2D eigenvalue weighted by molar-refractivity contribution is 5.71. The Hall–Kier alpha value is -1.49. The van der Waals surface area contributed by atoms with E-state index in [9.17, 15) is 4.79 Å². The van der Waals surface area contributed by atoms with E-state index < -0.39 is 0 Å². The highest BCUT2D eigenvalue weighted by Crippen LogP contribution is 2.27. The van der Waals surface area contributed by atoms with Crippen molar-refractivity contribution in [1.29, 1.82) is 0 Å². The first-order chi connectivity index (χ1) is 8.29. The minimum Gasteiger partial charge on any atom is -0.465 e. The van der Waals surface area contributed by atoms with Gasteiger partial charge in [0.25, 0.3) is 0 Å². The molecule has 92 valence electrons. The van der Waals surface area contributed by atoms with Crippen LogP contribution in [0.4, 0.5) is 0 Å². The van der Waals surface area contributed by atoms with Crippen LogP contribution in [0.15, 0.2) is 18.6 Å².